The Morgan fingerprint density at radius 2 is 2.00 bits per heavy atom. The van der Waals surface area contributed by atoms with Gasteiger partial charge in [0, 0.05) is 26.2 Å². The molecule has 0 aromatic heterocycles. The second kappa shape index (κ2) is 6.79. The first-order valence-corrected chi connectivity index (χ1v) is 5.06. The Labute approximate surface area is 86.3 Å². The summed E-state index contributed by atoms with van der Waals surface area (Å²) >= 11 is 0. The summed E-state index contributed by atoms with van der Waals surface area (Å²) in [6.07, 6.45) is 0. The van der Waals surface area contributed by atoms with Crippen molar-refractivity contribution in [2.24, 2.45) is 5.92 Å². The molecule has 1 amide bonds. The zero-order valence-corrected chi connectivity index (χ0v) is 9.58. The van der Waals surface area contributed by atoms with Crippen LogP contribution in [0.25, 0.3) is 0 Å². The summed E-state index contributed by atoms with van der Waals surface area (Å²) in [7, 11) is 1.80. The summed E-state index contributed by atoms with van der Waals surface area (Å²) in [5.41, 5.74) is 0. The van der Waals surface area contributed by atoms with Crippen LogP contribution in [0.4, 0.5) is 0 Å². The normalized spacial score (nSPS) is 13.0. The average Bonchev–Trinajstić information content (AvgIpc) is 2.15. The van der Waals surface area contributed by atoms with E-state index in [1.165, 1.54) is 0 Å². The predicted octanol–water partition coefficient (Wildman–Crippen LogP) is 0.0712. The molecular formula is C10H22N2O2. The number of hydrogen-bond donors (Lipinski definition) is 2. The van der Waals surface area contributed by atoms with Crippen molar-refractivity contribution in [1.29, 1.82) is 0 Å². The molecule has 1 atom stereocenters. The molecule has 0 fully saturated rings. The maximum atomic E-state index is 11.5. The Morgan fingerprint density at radius 1 is 1.43 bits per heavy atom. The van der Waals surface area contributed by atoms with Crippen LogP contribution in [-0.4, -0.2) is 48.7 Å². The number of likely N-dealkylation sites (N-methyl/N-ethyl adjacent to an activating group) is 1. The molecule has 0 aliphatic carbocycles. The molecule has 0 aliphatic rings. The lowest BCUT2D eigenvalue weighted by Crippen LogP contribution is -2.40. The second-order valence-electron chi connectivity index (χ2n) is 4.02. The van der Waals surface area contributed by atoms with Gasteiger partial charge in [-0.3, -0.25) is 4.79 Å². The Kier molecular flexibility index (Phi) is 6.49. The Bertz CT molecular complexity index is 172. The summed E-state index contributed by atoms with van der Waals surface area (Å²) < 4.78 is 0. The van der Waals surface area contributed by atoms with Gasteiger partial charge in [-0.25, -0.2) is 0 Å². The molecule has 4 nitrogen and oxygen atoms in total. The number of nitrogens with zero attached hydrogens (tertiary/aromatic N) is 1. The number of amides is 1. The van der Waals surface area contributed by atoms with Crippen LogP contribution >= 0.6 is 0 Å². The summed E-state index contributed by atoms with van der Waals surface area (Å²) in [5, 5.41) is 11.8. The van der Waals surface area contributed by atoms with Crippen molar-refractivity contribution in [3.8, 4) is 0 Å². The third-order valence-corrected chi connectivity index (χ3v) is 2.25. The van der Waals surface area contributed by atoms with E-state index in [4.69, 9.17) is 5.11 Å². The van der Waals surface area contributed by atoms with Gasteiger partial charge in [0.25, 0.3) is 0 Å². The van der Waals surface area contributed by atoms with Gasteiger partial charge < -0.3 is 15.3 Å². The third kappa shape index (κ3) is 5.19. The van der Waals surface area contributed by atoms with Crippen molar-refractivity contribution in [1.82, 2.24) is 10.2 Å². The fraction of sp³-hybridized carbons (Fsp3) is 0.900. The number of hydrogen-bond acceptors (Lipinski definition) is 3. The highest BCUT2D eigenvalue weighted by Crippen LogP contribution is 1.94. The van der Waals surface area contributed by atoms with Crippen LogP contribution in [0.2, 0.25) is 0 Å². The first kappa shape index (κ1) is 13.4. The Balaban J connectivity index is 3.64. The summed E-state index contributed by atoms with van der Waals surface area (Å²) in [6, 6.07) is 0.236. The monoisotopic (exact) mass is 202 g/mol. The zero-order chi connectivity index (χ0) is 11.1. The molecule has 0 spiro atoms. The number of aliphatic hydroxyl groups is 1. The molecule has 14 heavy (non-hydrogen) atoms. The SMILES string of the molecule is CC(CO)CNCC(=O)N(C)C(C)C. The largest absolute Gasteiger partial charge is 0.396 e. The third-order valence-electron chi connectivity index (χ3n) is 2.25. The molecule has 0 radical (unpaired) electrons. The quantitative estimate of drug-likeness (QED) is 0.641. The van der Waals surface area contributed by atoms with Gasteiger partial charge in [0.2, 0.25) is 5.91 Å². The molecule has 0 heterocycles. The van der Waals surface area contributed by atoms with Crippen molar-refractivity contribution in [3.63, 3.8) is 0 Å². The highest BCUT2D eigenvalue weighted by atomic mass is 16.3. The summed E-state index contributed by atoms with van der Waals surface area (Å²) in [4.78, 5) is 13.2. The van der Waals surface area contributed by atoms with Crippen molar-refractivity contribution in [3.05, 3.63) is 0 Å². The van der Waals surface area contributed by atoms with E-state index in [-0.39, 0.29) is 24.5 Å². The minimum Gasteiger partial charge on any atom is -0.396 e. The molecule has 0 aliphatic heterocycles. The molecule has 0 aromatic carbocycles. The number of carbonyl (C=O) groups is 1. The number of carbonyl (C=O) groups excluding carboxylic acids is 1. The van der Waals surface area contributed by atoms with Crippen LogP contribution < -0.4 is 5.32 Å². The summed E-state index contributed by atoms with van der Waals surface area (Å²) in [5.74, 6) is 0.289. The first-order valence-electron chi connectivity index (χ1n) is 5.06. The van der Waals surface area contributed by atoms with Gasteiger partial charge in [0.15, 0.2) is 0 Å². The summed E-state index contributed by atoms with van der Waals surface area (Å²) in [6.45, 7) is 7.07. The molecule has 1 unspecified atom stereocenters. The van der Waals surface area contributed by atoms with Crippen LogP contribution in [0.5, 0.6) is 0 Å². The van der Waals surface area contributed by atoms with Crippen LogP contribution in [-0.2, 0) is 4.79 Å². The van der Waals surface area contributed by atoms with E-state index < -0.39 is 0 Å². The van der Waals surface area contributed by atoms with Crippen molar-refractivity contribution >= 4 is 5.91 Å². The fourth-order valence-electron chi connectivity index (χ4n) is 0.903. The van der Waals surface area contributed by atoms with Gasteiger partial charge in [-0.05, 0) is 19.8 Å². The maximum absolute atomic E-state index is 11.5. The lowest BCUT2D eigenvalue weighted by Gasteiger charge is -2.21. The van der Waals surface area contributed by atoms with Crippen molar-refractivity contribution in [2.45, 2.75) is 26.8 Å². The van der Waals surface area contributed by atoms with Crippen LogP contribution in [0.15, 0.2) is 0 Å². The molecular weight excluding hydrogens is 180 g/mol. The lowest BCUT2D eigenvalue weighted by atomic mass is 10.2. The minimum absolute atomic E-state index is 0.0881. The van der Waals surface area contributed by atoms with Gasteiger partial charge in [-0.15, -0.1) is 0 Å². The highest BCUT2D eigenvalue weighted by Gasteiger charge is 2.11. The van der Waals surface area contributed by atoms with Gasteiger partial charge in [-0.1, -0.05) is 6.92 Å². The smallest absolute Gasteiger partial charge is 0.236 e. The van der Waals surface area contributed by atoms with Crippen molar-refractivity contribution in [2.75, 3.05) is 26.7 Å². The van der Waals surface area contributed by atoms with E-state index >= 15 is 0 Å². The molecule has 2 N–H and O–H groups in total. The second-order valence-corrected chi connectivity index (χ2v) is 4.02. The first-order chi connectivity index (χ1) is 6.49. The average molecular weight is 202 g/mol. The highest BCUT2D eigenvalue weighted by molar-refractivity contribution is 5.78. The van der Waals surface area contributed by atoms with E-state index in [2.05, 4.69) is 5.32 Å². The molecule has 84 valence electrons. The number of rotatable bonds is 6. The fourth-order valence-corrected chi connectivity index (χ4v) is 0.903. The van der Waals surface area contributed by atoms with Crippen molar-refractivity contribution < 1.29 is 9.90 Å². The molecule has 0 rings (SSSR count). The molecule has 0 saturated heterocycles. The molecule has 0 aromatic rings. The molecule has 0 saturated carbocycles. The lowest BCUT2D eigenvalue weighted by molar-refractivity contribution is -0.130. The zero-order valence-electron chi connectivity index (χ0n) is 9.58. The van der Waals surface area contributed by atoms with Crippen LogP contribution in [0.1, 0.15) is 20.8 Å². The van der Waals surface area contributed by atoms with Gasteiger partial charge in [0.05, 0.1) is 6.54 Å². The Hall–Kier alpha value is -0.610. The topological polar surface area (TPSA) is 52.6 Å². The van der Waals surface area contributed by atoms with E-state index in [1.54, 1.807) is 11.9 Å². The maximum Gasteiger partial charge on any atom is 0.236 e. The Morgan fingerprint density at radius 3 is 2.43 bits per heavy atom. The van der Waals surface area contributed by atoms with Crippen LogP contribution in [0, 0.1) is 5.92 Å². The van der Waals surface area contributed by atoms with Crippen LogP contribution in [0.3, 0.4) is 0 Å². The molecule has 0 bridgehead atoms. The van der Waals surface area contributed by atoms with Gasteiger partial charge in [-0.2, -0.15) is 0 Å². The van der Waals surface area contributed by atoms with Gasteiger partial charge >= 0.3 is 0 Å². The predicted molar refractivity (Wildman–Crippen MR) is 57.0 cm³/mol. The minimum atomic E-state index is 0.0881. The number of nitrogens with one attached hydrogen (secondary N) is 1. The van der Waals surface area contributed by atoms with E-state index in [0.717, 1.165) is 0 Å². The van der Waals surface area contributed by atoms with E-state index in [1.807, 2.05) is 20.8 Å². The molecule has 4 heteroatoms. The van der Waals surface area contributed by atoms with E-state index in [0.29, 0.717) is 13.1 Å². The standard InChI is InChI=1S/C10H22N2O2/c1-8(2)12(4)10(14)6-11-5-9(3)7-13/h8-9,11,13H,5-7H2,1-4H3. The number of aliphatic hydroxyl groups excluding tert-OH is 1. The van der Waals surface area contributed by atoms with Gasteiger partial charge in [0.1, 0.15) is 0 Å². The van der Waals surface area contributed by atoms with E-state index in [9.17, 15) is 4.79 Å².